The fourth-order valence-electron chi connectivity index (χ4n) is 3.33. The lowest BCUT2D eigenvalue weighted by Crippen LogP contribution is -2.48. The first kappa shape index (κ1) is 15.1. The van der Waals surface area contributed by atoms with Crippen LogP contribution in [-0.4, -0.2) is 34.5 Å². The third-order valence-corrected chi connectivity index (χ3v) is 4.61. The van der Waals surface area contributed by atoms with Crippen molar-refractivity contribution in [2.24, 2.45) is 7.05 Å². The zero-order valence-corrected chi connectivity index (χ0v) is 13.7. The lowest BCUT2D eigenvalue weighted by atomic mass is 9.96. The SMILES string of the molecule is Cn1cc(C2(C)CN(c3ccnc4cc(F)ccc34)CCO2)cn1. The van der Waals surface area contributed by atoms with Crippen LogP contribution < -0.4 is 4.90 Å². The Bertz CT molecular complexity index is 894. The molecule has 1 aliphatic heterocycles. The van der Waals surface area contributed by atoms with Crippen molar-refractivity contribution in [1.82, 2.24) is 14.8 Å². The van der Waals surface area contributed by atoms with E-state index in [9.17, 15) is 4.39 Å². The highest BCUT2D eigenvalue weighted by atomic mass is 19.1. The molecule has 0 saturated carbocycles. The first-order chi connectivity index (χ1) is 11.5. The lowest BCUT2D eigenvalue weighted by Gasteiger charge is -2.41. The van der Waals surface area contributed by atoms with Crippen molar-refractivity contribution >= 4 is 16.6 Å². The predicted molar refractivity (Wildman–Crippen MR) is 90.4 cm³/mol. The fraction of sp³-hybridized carbons (Fsp3) is 0.333. The molecule has 0 N–H and O–H groups in total. The molecule has 1 fully saturated rings. The van der Waals surface area contributed by atoms with Gasteiger partial charge in [-0.25, -0.2) is 4.39 Å². The Morgan fingerprint density at radius 3 is 2.96 bits per heavy atom. The highest BCUT2D eigenvalue weighted by Gasteiger charge is 2.35. The summed E-state index contributed by atoms with van der Waals surface area (Å²) in [6.45, 7) is 4.19. The van der Waals surface area contributed by atoms with Crippen molar-refractivity contribution in [1.29, 1.82) is 0 Å². The fourth-order valence-corrected chi connectivity index (χ4v) is 3.33. The minimum atomic E-state index is -0.428. The first-order valence-electron chi connectivity index (χ1n) is 7.97. The van der Waals surface area contributed by atoms with Gasteiger partial charge in [0.1, 0.15) is 11.4 Å². The summed E-state index contributed by atoms with van der Waals surface area (Å²) in [7, 11) is 1.90. The Morgan fingerprint density at radius 1 is 1.29 bits per heavy atom. The van der Waals surface area contributed by atoms with Crippen LogP contribution in [0.2, 0.25) is 0 Å². The van der Waals surface area contributed by atoms with E-state index < -0.39 is 5.60 Å². The maximum atomic E-state index is 13.5. The zero-order chi connectivity index (χ0) is 16.7. The largest absolute Gasteiger partial charge is 0.367 e. The maximum Gasteiger partial charge on any atom is 0.125 e. The molecule has 3 aromatic rings. The number of aryl methyl sites for hydroxylation is 1. The molecule has 1 aliphatic rings. The molecular weight excluding hydrogens is 307 g/mol. The summed E-state index contributed by atoms with van der Waals surface area (Å²) < 4.78 is 21.3. The van der Waals surface area contributed by atoms with Crippen LogP contribution in [0.15, 0.2) is 42.9 Å². The van der Waals surface area contributed by atoms with Crippen LogP contribution in [0, 0.1) is 5.82 Å². The van der Waals surface area contributed by atoms with Crippen LogP contribution in [0.3, 0.4) is 0 Å². The maximum absolute atomic E-state index is 13.5. The first-order valence-corrected chi connectivity index (χ1v) is 7.97. The highest BCUT2D eigenvalue weighted by Crippen LogP contribution is 2.34. The van der Waals surface area contributed by atoms with Crippen molar-refractivity contribution in [3.63, 3.8) is 0 Å². The molecule has 2 aromatic heterocycles. The molecule has 24 heavy (non-hydrogen) atoms. The second kappa shape index (κ2) is 5.56. The minimum absolute atomic E-state index is 0.269. The van der Waals surface area contributed by atoms with Crippen molar-refractivity contribution < 1.29 is 9.13 Å². The van der Waals surface area contributed by atoms with E-state index in [0.29, 0.717) is 18.7 Å². The van der Waals surface area contributed by atoms with Crippen LogP contribution in [-0.2, 0) is 17.4 Å². The highest BCUT2D eigenvalue weighted by molar-refractivity contribution is 5.91. The van der Waals surface area contributed by atoms with Gasteiger partial charge in [-0.15, -0.1) is 0 Å². The summed E-state index contributed by atoms with van der Waals surface area (Å²) in [4.78, 5) is 6.56. The number of fused-ring (bicyclic) bond motifs is 1. The summed E-state index contributed by atoms with van der Waals surface area (Å²) in [5.41, 5.74) is 2.35. The molecule has 0 amide bonds. The number of ether oxygens (including phenoxy) is 1. The van der Waals surface area contributed by atoms with Crippen molar-refractivity contribution in [2.45, 2.75) is 12.5 Å². The van der Waals surface area contributed by atoms with E-state index in [1.165, 1.54) is 12.1 Å². The Kier molecular flexibility index (Phi) is 3.49. The topological polar surface area (TPSA) is 43.2 Å². The number of halogens is 1. The average Bonchev–Trinajstić information content (AvgIpc) is 3.01. The molecule has 5 nitrogen and oxygen atoms in total. The van der Waals surface area contributed by atoms with E-state index in [0.717, 1.165) is 23.2 Å². The van der Waals surface area contributed by atoms with Gasteiger partial charge in [-0.3, -0.25) is 9.67 Å². The molecule has 4 rings (SSSR count). The van der Waals surface area contributed by atoms with Gasteiger partial charge in [-0.05, 0) is 25.1 Å². The van der Waals surface area contributed by atoms with E-state index >= 15 is 0 Å². The van der Waals surface area contributed by atoms with Crippen molar-refractivity contribution in [3.05, 3.63) is 54.2 Å². The molecule has 0 aliphatic carbocycles. The number of aromatic nitrogens is 3. The Morgan fingerprint density at radius 2 is 2.17 bits per heavy atom. The summed E-state index contributed by atoms with van der Waals surface area (Å²) in [5.74, 6) is -0.269. The molecular formula is C18H19FN4O. The van der Waals surface area contributed by atoms with Gasteiger partial charge in [-0.1, -0.05) is 0 Å². The van der Waals surface area contributed by atoms with Crippen molar-refractivity contribution in [3.8, 4) is 0 Å². The van der Waals surface area contributed by atoms with Gasteiger partial charge < -0.3 is 9.64 Å². The van der Waals surface area contributed by atoms with Gasteiger partial charge in [0.05, 0.1) is 24.9 Å². The second-order valence-corrected chi connectivity index (χ2v) is 6.40. The van der Waals surface area contributed by atoms with Gasteiger partial charge in [0.15, 0.2) is 0 Å². The molecule has 1 aromatic carbocycles. The predicted octanol–water partition coefficient (Wildman–Crippen LogP) is 2.86. The van der Waals surface area contributed by atoms with Crippen molar-refractivity contribution in [2.75, 3.05) is 24.6 Å². The number of anilines is 1. The third-order valence-electron chi connectivity index (χ3n) is 4.61. The minimum Gasteiger partial charge on any atom is -0.367 e. The number of hydrogen-bond donors (Lipinski definition) is 0. The van der Waals surface area contributed by atoms with E-state index in [1.807, 2.05) is 25.5 Å². The Labute approximate surface area is 139 Å². The van der Waals surface area contributed by atoms with Crippen LogP contribution in [0.5, 0.6) is 0 Å². The molecule has 124 valence electrons. The number of hydrogen-bond acceptors (Lipinski definition) is 4. The number of pyridine rings is 1. The van der Waals surface area contributed by atoms with E-state index in [2.05, 4.69) is 21.9 Å². The Balaban J connectivity index is 1.72. The monoisotopic (exact) mass is 326 g/mol. The Hall–Kier alpha value is -2.47. The van der Waals surface area contributed by atoms with Crippen LogP contribution >= 0.6 is 0 Å². The van der Waals surface area contributed by atoms with Crippen LogP contribution in [0.4, 0.5) is 10.1 Å². The van der Waals surface area contributed by atoms with Gasteiger partial charge >= 0.3 is 0 Å². The average molecular weight is 326 g/mol. The molecule has 3 heterocycles. The molecule has 1 saturated heterocycles. The quantitative estimate of drug-likeness (QED) is 0.726. The second-order valence-electron chi connectivity index (χ2n) is 6.40. The van der Waals surface area contributed by atoms with Gasteiger partial charge in [0.2, 0.25) is 0 Å². The molecule has 1 unspecified atom stereocenters. The molecule has 0 spiro atoms. The number of nitrogens with zero attached hydrogens (tertiary/aromatic N) is 4. The normalized spacial score (nSPS) is 21.4. The summed E-state index contributed by atoms with van der Waals surface area (Å²) in [5, 5.41) is 5.21. The van der Waals surface area contributed by atoms with Crippen LogP contribution in [0.1, 0.15) is 12.5 Å². The van der Waals surface area contributed by atoms with E-state index in [1.54, 1.807) is 16.9 Å². The standard InChI is InChI=1S/C18H19FN4O/c1-18(13-10-21-22(2)11-13)12-23(7-8-24-18)17-5-6-20-16-9-14(19)3-4-15(16)17/h3-6,9-11H,7-8,12H2,1-2H3. The molecule has 0 radical (unpaired) electrons. The molecule has 1 atom stereocenters. The van der Waals surface area contributed by atoms with Gasteiger partial charge in [0, 0.05) is 48.7 Å². The van der Waals surface area contributed by atoms with Gasteiger partial charge in [0.25, 0.3) is 0 Å². The van der Waals surface area contributed by atoms with Crippen LogP contribution in [0.25, 0.3) is 10.9 Å². The summed E-state index contributed by atoms with van der Waals surface area (Å²) in [6.07, 6.45) is 5.57. The number of rotatable bonds is 2. The zero-order valence-electron chi connectivity index (χ0n) is 13.7. The summed E-state index contributed by atoms with van der Waals surface area (Å²) in [6, 6.07) is 6.73. The van der Waals surface area contributed by atoms with E-state index in [-0.39, 0.29) is 5.82 Å². The number of morpholine rings is 1. The smallest absolute Gasteiger partial charge is 0.125 e. The van der Waals surface area contributed by atoms with E-state index in [4.69, 9.17) is 4.74 Å². The third kappa shape index (κ3) is 2.53. The lowest BCUT2D eigenvalue weighted by molar-refractivity contribution is -0.0465. The molecule has 6 heteroatoms. The summed E-state index contributed by atoms with van der Waals surface area (Å²) >= 11 is 0. The van der Waals surface area contributed by atoms with Gasteiger partial charge in [-0.2, -0.15) is 5.10 Å². The molecule has 0 bridgehead atoms. The number of benzene rings is 1.